The maximum absolute atomic E-state index is 10.8. The summed E-state index contributed by atoms with van der Waals surface area (Å²) in [5.74, 6) is -0.573. The van der Waals surface area contributed by atoms with Crippen LogP contribution in [0, 0.1) is 0 Å². The Kier molecular flexibility index (Phi) is 6.71. The predicted molar refractivity (Wildman–Crippen MR) is 77.5 cm³/mol. The van der Waals surface area contributed by atoms with Gasteiger partial charge in [-0.25, -0.2) is 9.78 Å². The first-order valence-electron chi connectivity index (χ1n) is 6.88. The fourth-order valence-electron chi connectivity index (χ4n) is 1.84. The van der Waals surface area contributed by atoms with Crippen LogP contribution in [-0.2, 0) is 0 Å². The summed E-state index contributed by atoms with van der Waals surface area (Å²) in [5, 5.41) is 12.0. The lowest BCUT2D eigenvalue weighted by Gasteiger charge is -2.08. The van der Waals surface area contributed by atoms with Crippen LogP contribution in [0.15, 0.2) is 12.1 Å². The van der Waals surface area contributed by atoms with Gasteiger partial charge in [0.1, 0.15) is 5.82 Å². The van der Waals surface area contributed by atoms with Crippen molar-refractivity contribution >= 4 is 17.5 Å². The number of nitrogens with one attached hydrogen (secondary N) is 1. The van der Waals surface area contributed by atoms with Crippen molar-refractivity contribution in [3.8, 4) is 0 Å². The van der Waals surface area contributed by atoms with Crippen molar-refractivity contribution < 1.29 is 9.90 Å². The van der Waals surface area contributed by atoms with Crippen molar-refractivity contribution in [3.63, 3.8) is 0 Å². The van der Waals surface area contributed by atoms with Crippen LogP contribution in [0.1, 0.15) is 55.9 Å². The molecular weight excluding hydrogens is 242 g/mol. The molecule has 0 saturated carbocycles. The van der Waals surface area contributed by atoms with Crippen molar-refractivity contribution in [1.29, 1.82) is 0 Å². The Bertz CT molecular complexity index is 408. The molecule has 0 bridgehead atoms. The maximum atomic E-state index is 10.8. The van der Waals surface area contributed by atoms with E-state index in [1.165, 1.54) is 38.2 Å². The number of hydrogen-bond acceptors (Lipinski definition) is 4. The summed E-state index contributed by atoms with van der Waals surface area (Å²) >= 11 is 0. The molecule has 0 aliphatic rings. The summed E-state index contributed by atoms with van der Waals surface area (Å²) < 4.78 is 0. The minimum Gasteiger partial charge on any atom is -0.477 e. The summed E-state index contributed by atoms with van der Waals surface area (Å²) in [6.07, 6.45) is 7.29. The maximum Gasteiger partial charge on any atom is 0.354 e. The van der Waals surface area contributed by atoms with E-state index in [0.29, 0.717) is 11.5 Å². The topological polar surface area (TPSA) is 88.2 Å². The van der Waals surface area contributed by atoms with E-state index in [0.717, 1.165) is 13.0 Å². The van der Waals surface area contributed by atoms with Gasteiger partial charge in [-0.1, -0.05) is 39.0 Å². The van der Waals surface area contributed by atoms with Crippen LogP contribution < -0.4 is 11.1 Å². The number of aromatic carboxylic acids is 1. The second kappa shape index (κ2) is 8.34. The fraction of sp³-hybridized carbons (Fsp3) is 0.571. The standard InChI is InChI=1S/C14H23N3O2/c1-2-3-4-5-6-7-10-16-13-11(15)8-9-12(17-13)14(18)19/h8-9H,2-7,10,15H2,1H3,(H,16,17)(H,18,19). The Morgan fingerprint density at radius 3 is 2.63 bits per heavy atom. The number of pyridine rings is 1. The molecule has 0 saturated heterocycles. The van der Waals surface area contributed by atoms with Gasteiger partial charge in [0.15, 0.2) is 5.69 Å². The number of nitrogen functional groups attached to an aromatic ring is 1. The molecule has 1 rings (SSSR count). The van der Waals surface area contributed by atoms with Crippen LogP contribution in [0.5, 0.6) is 0 Å². The van der Waals surface area contributed by atoms with E-state index in [9.17, 15) is 4.79 Å². The van der Waals surface area contributed by atoms with E-state index >= 15 is 0 Å². The van der Waals surface area contributed by atoms with Gasteiger partial charge < -0.3 is 16.2 Å². The highest BCUT2D eigenvalue weighted by molar-refractivity contribution is 5.86. The van der Waals surface area contributed by atoms with E-state index in [1.54, 1.807) is 6.07 Å². The average molecular weight is 265 g/mol. The number of anilines is 2. The predicted octanol–water partition coefficient (Wildman–Crippen LogP) is 3.13. The van der Waals surface area contributed by atoms with Gasteiger partial charge in [0.2, 0.25) is 0 Å². The first-order chi connectivity index (χ1) is 9.15. The molecule has 106 valence electrons. The quantitative estimate of drug-likeness (QED) is 0.597. The van der Waals surface area contributed by atoms with Crippen LogP contribution in [0.3, 0.4) is 0 Å². The molecule has 0 radical (unpaired) electrons. The van der Waals surface area contributed by atoms with Crippen LogP contribution in [0.2, 0.25) is 0 Å². The fourth-order valence-corrected chi connectivity index (χ4v) is 1.84. The molecule has 0 unspecified atom stereocenters. The van der Waals surface area contributed by atoms with Gasteiger partial charge in [-0.2, -0.15) is 0 Å². The summed E-state index contributed by atoms with van der Waals surface area (Å²) in [7, 11) is 0. The van der Waals surface area contributed by atoms with E-state index < -0.39 is 5.97 Å². The Balaban J connectivity index is 2.32. The Labute approximate surface area is 114 Å². The van der Waals surface area contributed by atoms with E-state index in [-0.39, 0.29) is 5.69 Å². The van der Waals surface area contributed by atoms with Gasteiger partial charge in [0, 0.05) is 6.54 Å². The number of hydrogen-bond donors (Lipinski definition) is 3. The zero-order valence-corrected chi connectivity index (χ0v) is 11.5. The van der Waals surface area contributed by atoms with Crippen LogP contribution in [-0.4, -0.2) is 22.6 Å². The monoisotopic (exact) mass is 265 g/mol. The number of carbonyl (C=O) groups is 1. The Hall–Kier alpha value is -1.78. The van der Waals surface area contributed by atoms with E-state index in [2.05, 4.69) is 17.2 Å². The number of carboxylic acids is 1. The van der Waals surface area contributed by atoms with E-state index in [1.807, 2.05) is 0 Å². The largest absolute Gasteiger partial charge is 0.477 e. The molecule has 5 heteroatoms. The molecule has 1 aromatic heterocycles. The van der Waals surface area contributed by atoms with Gasteiger partial charge in [-0.05, 0) is 18.6 Å². The van der Waals surface area contributed by atoms with E-state index in [4.69, 9.17) is 10.8 Å². The lowest BCUT2D eigenvalue weighted by atomic mass is 10.1. The lowest BCUT2D eigenvalue weighted by molar-refractivity contribution is 0.0690. The molecule has 5 nitrogen and oxygen atoms in total. The minimum atomic E-state index is -1.04. The van der Waals surface area contributed by atoms with Gasteiger partial charge in [0.05, 0.1) is 5.69 Å². The third-order valence-electron chi connectivity index (χ3n) is 2.97. The number of carboxylic acid groups (broad SMARTS) is 1. The SMILES string of the molecule is CCCCCCCCNc1nc(C(=O)O)ccc1N. The van der Waals surface area contributed by atoms with Gasteiger partial charge in [0.25, 0.3) is 0 Å². The van der Waals surface area contributed by atoms with Gasteiger partial charge >= 0.3 is 5.97 Å². The molecule has 0 aromatic carbocycles. The second-order valence-corrected chi connectivity index (χ2v) is 4.63. The molecule has 1 aromatic rings. The first-order valence-corrected chi connectivity index (χ1v) is 6.88. The molecular formula is C14H23N3O2. The molecule has 0 spiro atoms. The smallest absolute Gasteiger partial charge is 0.354 e. The molecule has 0 aliphatic heterocycles. The first kappa shape index (κ1) is 15.3. The summed E-state index contributed by atoms with van der Waals surface area (Å²) in [5.41, 5.74) is 6.25. The normalized spacial score (nSPS) is 10.4. The highest BCUT2D eigenvalue weighted by Crippen LogP contribution is 2.16. The number of unbranched alkanes of at least 4 members (excludes halogenated alkanes) is 5. The van der Waals surface area contributed by atoms with Crippen molar-refractivity contribution in [2.45, 2.75) is 45.4 Å². The third kappa shape index (κ3) is 5.59. The zero-order chi connectivity index (χ0) is 14.1. The zero-order valence-electron chi connectivity index (χ0n) is 11.5. The molecule has 0 amide bonds. The summed E-state index contributed by atoms with van der Waals surface area (Å²) in [4.78, 5) is 14.8. The van der Waals surface area contributed by atoms with Gasteiger partial charge in [-0.3, -0.25) is 0 Å². The van der Waals surface area contributed by atoms with Crippen molar-refractivity contribution in [1.82, 2.24) is 4.98 Å². The van der Waals surface area contributed by atoms with Crippen molar-refractivity contribution in [3.05, 3.63) is 17.8 Å². The third-order valence-corrected chi connectivity index (χ3v) is 2.97. The summed E-state index contributed by atoms with van der Waals surface area (Å²) in [6.45, 7) is 2.97. The number of nitrogens with two attached hydrogens (primary N) is 1. The van der Waals surface area contributed by atoms with Crippen molar-refractivity contribution in [2.75, 3.05) is 17.6 Å². The lowest BCUT2D eigenvalue weighted by Crippen LogP contribution is -2.09. The molecule has 4 N–H and O–H groups in total. The molecule has 1 heterocycles. The van der Waals surface area contributed by atoms with Crippen LogP contribution in [0.4, 0.5) is 11.5 Å². The summed E-state index contributed by atoms with van der Waals surface area (Å²) in [6, 6.07) is 2.98. The molecule has 19 heavy (non-hydrogen) atoms. The van der Waals surface area contributed by atoms with Gasteiger partial charge in [-0.15, -0.1) is 0 Å². The minimum absolute atomic E-state index is 0.0136. The molecule has 0 atom stereocenters. The molecule has 0 aliphatic carbocycles. The molecule has 0 fully saturated rings. The number of rotatable bonds is 9. The Morgan fingerprint density at radius 2 is 1.95 bits per heavy atom. The van der Waals surface area contributed by atoms with Crippen LogP contribution >= 0.6 is 0 Å². The Morgan fingerprint density at radius 1 is 1.26 bits per heavy atom. The van der Waals surface area contributed by atoms with Crippen molar-refractivity contribution in [2.24, 2.45) is 0 Å². The highest BCUT2D eigenvalue weighted by atomic mass is 16.4. The average Bonchev–Trinajstić information content (AvgIpc) is 2.39. The number of nitrogens with zero attached hydrogens (tertiary/aromatic N) is 1. The number of aromatic nitrogens is 1. The van der Waals surface area contributed by atoms with Crippen LogP contribution in [0.25, 0.3) is 0 Å². The highest BCUT2D eigenvalue weighted by Gasteiger charge is 2.07. The second-order valence-electron chi connectivity index (χ2n) is 4.63.